The van der Waals surface area contributed by atoms with E-state index in [0.717, 1.165) is 16.8 Å². The number of H-pyrrole nitrogens is 1. The average Bonchev–Trinajstić information content (AvgIpc) is 3.06. The average molecular weight is 408 g/mol. The summed E-state index contributed by atoms with van der Waals surface area (Å²) in [6.45, 7) is 2.11. The Balaban J connectivity index is 1.48. The number of carbonyl (C=O) groups excluding carboxylic acids is 2. The van der Waals surface area contributed by atoms with Crippen molar-refractivity contribution in [2.45, 2.75) is 32.1 Å². The van der Waals surface area contributed by atoms with Crippen molar-refractivity contribution >= 4 is 23.4 Å². The van der Waals surface area contributed by atoms with Crippen molar-refractivity contribution in [3.8, 4) is 0 Å². The summed E-state index contributed by atoms with van der Waals surface area (Å²) in [5, 5.41) is 0.674. The summed E-state index contributed by atoms with van der Waals surface area (Å²) in [7, 11) is 0. The number of esters is 1. The van der Waals surface area contributed by atoms with Crippen LogP contribution in [0.3, 0.4) is 0 Å². The van der Waals surface area contributed by atoms with Gasteiger partial charge < -0.3 is 9.72 Å². The summed E-state index contributed by atoms with van der Waals surface area (Å²) in [5.74, 6) is -0.278. The van der Waals surface area contributed by atoms with Crippen LogP contribution in [0, 0.1) is 6.92 Å². The van der Waals surface area contributed by atoms with E-state index < -0.39 is 5.97 Å². The van der Waals surface area contributed by atoms with Crippen LogP contribution in [-0.2, 0) is 17.6 Å². The van der Waals surface area contributed by atoms with Crippen LogP contribution in [0.1, 0.15) is 55.6 Å². The number of carbonyl (C=O) groups is 2. The zero-order chi connectivity index (χ0) is 20.4. The van der Waals surface area contributed by atoms with Crippen LogP contribution in [0.25, 0.3) is 0 Å². The quantitative estimate of drug-likeness (QED) is 0.584. The van der Waals surface area contributed by atoms with E-state index in [1.54, 1.807) is 0 Å². The largest absolute Gasteiger partial charge is 0.461 e. The van der Waals surface area contributed by atoms with E-state index in [0.29, 0.717) is 47.7 Å². The number of Topliss-reactive ketones (excluding diaryl/α,β-unsaturated/α-hetero) is 1. The van der Waals surface area contributed by atoms with E-state index in [-0.39, 0.29) is 11.7 Å². The number of aromatic nitrogens is 1. The molecule has 5 heteroatoms. The Labute approximate surface area is 174 Å². The summed E-state index contributed by atoms with van der Waals surface area (Å²) in [6.07, 6.45) is 1.76. The molecule has 0 saturated carbocycles. The summed E-state index contributed by atoms with van der Waals surface area (Å²) in [5.41, 5.74) is 4.72. The number of hydrogen-bond acceptors (Lipinski definition) is 3. The van der Waals surface area contributed by atoms with Crippen LogP contribution >= 0.6 is 11.6 Å². The molecule has 29 heavy (non-hydrogen) atoms. The zero-order valence-corrected chi connectivity index (χ0v) is 17.0. The molecule has 0 radical (unpaired) electrons. The van der Waals surface area contributed by atoms with Gasteiger partial charge in [0.2, 0.25) is 0 Å². The number of hydrogen-bond donors (Lipinski definition) is 1. The molecule has 0 amide bonds. The molecule has 3 aromatic rings. The van der Waals surface area contributed by atoms with Gasteiger partial charge in [-0.25, -0.2) is 4.79 Å². The highest BCUT2D eigenvalue weighted by Crippen LogP contribution is 2.35. The zero-order valence-electron chi connectivity index (χ0n) is 16.2. The highest BCUT2D eigenvalue weighted by molar-refractivity contribution is 6.30. The molecule has 1 aromatic heterocycles. The first-order valence-corrected chi connectivity index (χ1v) is 10.1. The molecule has 0 aliphatic heterocycles. The van der Waals surface area contributed by atoms with Gasteiger partial charge in [-0.1, -0.05) is 54.1 Å². The second-order valence-corrected chi connectivity index (χ2v) is 7.87. The first-order valence-electron chi connectivity index (χ1n) is 9.74. The Morgan fingerprint density at radius 2 is 1.83 bits per heavy atom. The standard InChI is InChI=1S/C24H22ClNO3/c1-15-22-20(13-18(14-21(22)27)17-7-9-19(25)10-8-17)26-23(15)24(28)29-12-11-16-5-3-2-4-6-16/h2-10,18,26H,11-14H2,1H3. The Morgan fingerprint density at radius 3 is 2.55 bits per heavy atom. The molecule has 0 saturated heterocycles. The van der Waals surface area contributed by atoms with Gasteiger partial charge >= 0.3 is 5.97 Å². The second-order valence-electron chi connectivity index (χ2n) is 7.43. The molecule has 2 aromatic carbocycles. The molecular formula is C24H22ClNO3. The molecule has 1 N–H and O–H groups in total. The Kier molecular flexibility index (Phi) is 5.54. The lowest BCUT2D eigenvalue weighted by Gasteiger charge is -2.22. The minimum absolute atomic E-state index is 0.0586. The number of aromatic amines is 1. The van der Waals surface area contributed by atoms with E-state index in [4.69, 9.17) is 16.3 Å². The maximum Gasteiger partial charge on any atom is 0.355 e. The first-order chi connectivity index (χ1) is 14.0. The number of benzene rings is 2. The molecule has 0 bridgehead atoms. The van der Waals surface area contributed by atoms with Gasteiger partial charge in [-0.2, -0.15) is 0 Å². The maximum absolute atomic E-state index is 12.8. The lowest BCUT2D eigenvalue weighted by atomic mass is 9.81. The molecule has 1 aliphatic rings. The highest BCUT2D eigenvalue weighted by atomic mass is 35.5. The van der Waals surface area contributed by atoms with Crippen LogP contribution in [0.2, 0.25) is 5.02 Å². The lowest BCUT2D eigenvalue weighted by molar-refractivity contribution is 0.0502. The minimum Gasteiger partial charge on any atom is -0.461 e. The van der Waals surface area contributed by atoms with E-state index >= 15 is 0 Å². The lowest BCUT2D eigenvalue weighted by Crippen LogP contribution is -2.18. The number of fused-ring (bicyclic) bond motifs is 1. The molecule has 1 heterocycles. The van der Waals surface area contributed by atoms with Gasteiger partial charge in [0.1, 0.15) is 5.69 Å². The van der Waals surface area contributed by atoms with Crippen LogP contribution < -0.4 is 0 Å². The van der Waals surface area contributed by atoms with Crippen molar-refractivity contribution in [2.75, 3.05) is 6.61 Å². The third-order valence-corrected chi connectivity index (χ3v) is 5.75. The van der Waals surface area contributed by atoms with Gasteiger partial charge in [0, 0.05) is 29.1 Å². The second kappa shape index (κ2) is 8.26. The molecule has 4 nitrogen and oxygen atoms in total. The van der Waals surface area contributed by atoms with Gasteiger partial charge in [0.25, 0.3) is 0 Å². The van der Waals surface area contributed by atoms with Gasteiger partial charge in [-0.15, -0.1) is 0 Å². The highest BCUT2D eigenvalue weighted by Gasteiger charge is 2.32. The van der Waals surface area contributed by atoms with E-state index in [2.05, 4.69) is 4.98 Å². The molecule has 0 spiro atoms. The predicted octanol–water partition coefficient (Wildman–Crippen LogP) is 5.29. The van der Waals surface area contributed by atoms with Crippen molar-refractivity contribution < 1.29 is 14.3 Å². The summed E-state index contributed by atoms with van der Waals surface area (Å²) in [4.78, 5) is 28.6. The topological polar surface area (TPSA) is 59.2 Å². The molecule has 0 fully saturated rings. The predicted molar refractivity (Wildman–Crippen MR) is 113 cm³/mol. The van der Waals surface area contributed by atoms with Crippen molar-refractivity contribution in [1.82, 2.24) is 4.98 Å². The Morgan fingerprint density at radius 1 is 1.10 bits per heavy atom. The normalized spacial score (nSPS) is 15.8. The van der Waals surface area contributed by atoms with Crippen LogP contribution in [0.4, 0.5) is 0 Å². The molecule has 4 rings (SSSR count). The molecule has 1 unspecified atom stereocenters. The van der Waals surface area contributed by atoms with Crippen LogP contribution in [0.5, 0.6) is 0 Å². The monoisotopic (exact) mass is 407 g/mol. The smallest absolute Gasteiger partial charge is 0.355 e. The molecular weight excluding hydrogens is 386 g/mol. The van der Waals surface area contributed by atoms with Crippen molar-refractivity contribution in [2.24, 2.45) is 0 Å². The van der Waals surface area contributed by atoms with E-state index in [1.807, 2.05) is 61.5 Å². The SMILES string of the molecule is Cc1c(C(=O)OCCc2ccccc2)[nH]c2c1C(=O)CC(c1ccc(Cl)cc1)C2. The molecule has 1 atom stereocenters. The third-order valence-electron chi connectivity index (χ3n) is 5.50. The number of halogens is 1. The van der Waals surface area contributed by atoms with E-state index in [9.17, 15) is 9.59 Å². The van der Waals surface area contributed by atoms with Crippen LogP contribution in [-0.4, -0.2) is 23.3 Å². The van der Waals surface area contributed by atoms with Crippen molar-refractivity contribution in [3.63, 3.8) is 0 Å². The van der Waals surface area contributed by atoms with Crippen molar-refractivity contribution in [1.29, 1.82) is 0 Å². The van der Waals surface area contributed by atoms with Gasteiger partial charge in [-0.05, 0) is 48.1 Å². The summed E-state index contributed by atoms with van der Waals surface area (Å²) >= 11 is 5.98. The number of nitrogens with one attached hydrogen (secondary N) is 1. The fraction of sp³-hybridized carbons (Fsp3) is 0.250. The Bertz CT molecular complexity index is 1040. The number of rotatable bonds is 5. The third kappa shape index (κ3) is 4.13. The fourth-order valence-electron chi connectivity index (χ4n) is 3.99. The summed E-state index contributed by atoms with van der Waals surface area (Å²) < 4.78 is 5.45. The maximum atomic E-state index is 12.8. The van der Waals surface area contributed by atoms with Gasteiger partial charge in [0.15, 0.2) is 5.78 Å². The number of ketones is 1. The van der Waals surface area contributed by atoms with Gasteiger partial charge in [0.05, 0.1) is 6.61 Å². The van der Waals surface area contributed by atoms with Crippen LogP contribution in [0.15, 0.2) is 54.6 Å². The first kappa shape index (κ1) is 19.5. The summed E-state index contributed by atoms with van der Waals surface area (Å²) in [6, 6.07) is 17.5. The molecule has 148 valence electrons. The fourth-order valence-corrected chi connectivity index (χ4v) is 4.11. The number of ether oxygens (including phenoxy) is 1. The van der Waals surface area contributed by atoms with E-state index in [1.165, 1.54) is 0 Å². The minimum atomic E-state index is -0.413. The molecule has 1 aliphatic carbocycles. The Hall–Kier alpha value is -2.85. The van der Waals surface area contributed by atoms with Crippen molar-refractivity contribution in [3.05, 3.63) is 93.3 Å². The van der Waals surface area contributed by atoms with Gasteiger partial charge in [-0.3, -0.25) is 4.79 Å².